The van der Waals surface area contributed by atoms with Gasteiger partial charge in [-0.25, -0.2) is 0 Å². The maximum atomic E-state index is 6.14. The van der Waals surface area contributed by atoms with Crippen molar-refractivity contribution in [1.82, 2.24) is 9.78 Å². The first-order valence-electron chi connectivity index (χ1n) is 7.31. The predicted octanol–water partition coefficient (Wildman–Crippen LogP) is 3.00. The van der Waals surface area contributed by atoms with Crippen molar-refractivity contribution in [3.63, 3.8) is 0 Å². The van der Waals surface area contributed by atoms with Crippen LogP contribution in [0.25, 0.3) is 0 Å². The summed E-state index contributed by atoms with van der Waals surface area (Å²) in [4.78, 5) is 0. The van der Waals surface area contributed by atoms with Crippen molar-refractivity contribution in [2.45, 2.75) is 32.6 Å². The zero-order valence-electron chi connectivity index (χ0n) is 12.4. The monoisotopic (exact) mass is 272 g/mol. The highest BCUT2D eigenvalue weighted by atomic mass is 15.3. The van der Waals surface area contributed by atoms with Gasteiger partial charge in [-0.2, -0.15) is 5.10 Å². The Hall–Kier alpha value is -1.97. The van der Waals surface area contributed by atoms with E-state index in [1.165, 1.54) is 5.56 Å². The van der Waals surface area contributed by atoms with Gasteiger partial charge in [0, 0.05) is 13.6 Å². The second kappa shape index (κ2) is 6.98. The summed E-state index contributed by atoms with van der Waals surface area (Å²) in [5.74, 6) is 0.946. The highest BCUT2D eigenvalue weighted by Crippen LogP contribution is 2.22. The summed E-state index contributed by atoms with van der Waals surface area (Å²) in [5.41, 5.74) is 9.31. The zero-order valence-corrected chi connectivity index (χ0v) is 12.4. The standard InChI is InChI=1S/C16H24N4/c1-3-8-14-15(17)16(20(2)19-14)18-12-7-11-13-9-5-4-6-10-13/h4-6,9-10,18H,3,7-8,11-12,17H2,1-2H3. The van der Waals surface area contributed by atoms with E-state index in [1.54, 1.807) is 0 Å². The van der Waals surface area contributed by atoms with E-state index < -0.39 is 0 Å². The Morgan fingerprint density at radius 1 is 1.20 bits per heavy atom. The van der Waals surface area contributed by atoms with Crippen LogP contribution in [0.3, 0.4) is 0 Å². The molecule has 2 aromatic rings. The summed E-state index contributed by atoms with van der Waals surface area (Å²) in [6, 6.07) is 10.5. The number of anilines is 2. The Balaban J connectivity index is 1.85. The topological polar surface area (TPSA) is 55.9 Å². The molecule has 1 heterocycles. The molecule has 0 unspecified atom stereocenters. The molecule has 4 nitrogen and oxygen atoms in total. The highest BCUT2D eigenvalue weighted by Gasteiger charge is 2.11. The molecule has 3 N–H and O–H groups in total. The van der Waals surface area contributed by atoms with E-state index in [1.807, 2.05) is 17.8 Å². The molecule has 0 saturated carbocycles. The van der Waals surface area contributed by atoms with Crippen LogP contribution in [0.4, 0.5) is 11.5 Å². The number of nitrogens with one attached hydrogen (secondary N) is 1. The molecule has 1 aromatic carbocycles. The lowest BCUT2D eigenvalue weighted by Gasteiger charge is -2.07. The SMILES string of the molecule is CCCc1nn(C)c(NCCCc2ccccc2)c1N. The van der Waals surface area contributed by atoms with Crippen molar-refractivity contribution in [3.8, 4) is 0 Å². The van der Waals surface area contributed by atoms with Crippen molar-refractivity contribution in [1.29, 1.82) is 0 Å². The van der Waals surface area contributed by atoms with Crippen LogP contribution in [0.2, 0.25) is 0 Å². The van der Waals surface area contributed by atoms with Gasteiger partial charge < -0.3 is 11.1 Å². The lowest BCUT2D eigenvalue weighted by Crippen LogP contribution is -2.08. The zero-order chi connectivity index (χ0) is 14.4. The lowest BCUT2D eigenvalue weighted by molar-refractivity contribution is 0.731. The summed E-state index contributed by atoms with van der Waals surface area (Å²) >= 11 is 0. The second-order valence-electron chi connectivity index (χ2n) is 5.10. The molecule has 1 aromatic heterocycles. The molecule has 0 bridgehead atoms. The third kappa shape index (κ3) is 3.53. The number of hydrogen-bond acceptors (Lipinski definition) is 3. The van der Waals surface area contributed by atoms with Crippen molar-refractivity contribution >= 4 is 11.5 Å². The van der Waals surface area contributed by atoms with Gasteiger partial charge in [0.25, 0.3) is 0 Å². The summed E-state index contributed by atoms with van der Waals surface area (Å²) in [5, 5.41) is 7.87. The van der Waals surface area contributed by atoms with Crippen LogP contribution in [-0.2, 0) is 19.9 Å². The summed E-state index contributed by atoms with van der Waals surface area (Å²) < 4.78 is 1.85. The van der Waals surface area contributed by atoms with E-state index in [-0.39, 0.29) is 0 Å². The van der Waals surface area contributed by atoms with Gasteiger partial charge in [-0.05, 0) is 24.8 Å². The van der Waals surface area contributed by atoms with E-state index in [0.717, 1.165) is 49.4 Å². The molecule has 0 aliphatic carbocycles. The molecule has 0 fully saturated rings. The highest BCUT2D eigenvalue weighted by molar-refractivity contribution is 5.65. The maximum absolute atomic E-state index is 6.14. The third-order valence-corrected chi connectivity index (χ3v) is 3.42. The van der Waals surface area contributed by atoms with Crippen molar-refractivity contribution in [3.05, 3.63) is 41.6 Å². The van der Waals surface area contributed by atoms with E-state index in [9.17, 15) is 0 Å². The number of nitrogens with zero attached hydrogens (tertiary/aromatic N) is 2. The summed E-state index contributed by atoms with van der Waals surface area (Å²) in [6.45, 7) is 3.05. The molecular weight excluding hydrogens is 248 g/mol. The predicted molar refractivity (Wildman–Crippen MR) is 84.9 cm³/mol. The third-order valence-electron chi connectivity index (χ3n) is 3.42. The normalized spacial score (nSPS) is 10.7. The fourth-order valence-electron chi connectivity index (χ4n) is 2.37. The van der Waals surface area contributed by atoms with Gasteiger partial charge in [0.2, 0.25) is 0 Å². The van der Waals surface area contributed by atoms with E-state index in [4.69, 9.17) is 5.73 Å². The molecule has 0 radical (unpaired) electrons. The molecule has 2 rings (SSSR count). The smallest absolute Gasteiger partial charge is 0.147 e. The number of benzene rings is 1. The van der Waals surface area contributed by atoms with E-state index >= 15 is 0 Å². The fraction of sp³-hybridized carbons (Fsp3) is 0.438. The molecule has 0 aliphatic heterocycles. The first-order valence-corrected chi connectivity index (χ1v) is 7.31. The number of hydrogen-bond donors (Lipinski definition) is 2. The van der Waals surface area contributed by atoms with E-state index in [2.05, 4.69) is 41.6 Å². The number of nitrogens with two attached hydrogens (primary N) is 1. The van der Waals surface area contributed by atoms with Crippen LogP contribution in [0, 0.1) is 0 Å². The van der Waals surface area contributed by atoms with Gasteiger partial charge in [-0.1, -0.05) is 43.7 Å². The van der Waals surface area contributed by atoms with Gasteiger partial charge in [-0.15, -0.1) is 0 Å². The maximum Gasteiger partial charge on any atom is 0.147 e. The van der Waals surface area contributed by atoms with Crippen LogP contribution >= 0.6 is 0 Å². The number of aryl methyl sites for hydroxylation is 3. The first kappa shape index (κ1) is 14.4. The second-order valence-corrected chi connectivity index (χ2v) is 5.10. The minimum atomic E-state index is 0.800. The van der Waals surface area contributed by atoms with Gasteiger partial charge in [-0.3, -0.25) is 4.68 Å². The molecule has 0 aliphatic rings. The number of rotatable bonds is 7. The molecule has 0 atom stereocenters. The van der Waals surface area contributed by atoms with E-state index in [0.29, 0.717) is 0 Å². The number of aromatic nitrogens is 2. The fourth-order valence-corrected chi connectivity index (χ4v) is 2.37. The average Bonchev–Trinajstić information content (AvgIpc) is 2.72. The number of nitrogen functional groups attached to an aromatic ring is 1. The molecule has 20 heavy (non-hydrogen) atoms. The minimum absolute atomic E-state index is 0.800. The minimum Gasteiger partial charge on any atom is -0.394 e. The molecule has 108 valence electrons. The summed E-state index contributed by atoms with van der Waals surface area (Å²) in [6.07, 6.45) is 4.16. The molecule has 0 saturated heterocycles. The quantitative estimate of drug-likeness (QED) is 0.762. The Labute approximate surface area is 121 Å². The van der Waals surface area contributed by atoms with Gasteiger partial charge in [0.1, 0.15) is 5.82 Å². The molecular formula is C16H24N4. The summed E-state index contributed by atoms with van der Waals surface area (Å²) in [7, 11) is 1.94. The van der Waals surface area contributed by atoms with Crippen LogP contribution in [0.5, 0.6) is 0 Å². The van der Waals surface area contributed by atoms with Crippen LogP contribution < -0.4 is 11.1 Å². The van der Waals surface area contributed by atoms with Crippen molar-refractivity contribution in [2.75, 3.05) is 17.6 Å². The molecule has 0 amide bonds. The average molecular weight is 272 g/mol. The van der Waals surface area contributed by atoms with Crippen molar-refractivity contribution in [2.24, 2.45) is 7.05 Å². The lowest BCUT2D eigenvalue weighted by atomic mass is 10.1. The Bertz CT molecular complexity index is 531. The van der Waals surface area contributed by atoms with Crippen LogP contribution in [0.15, 0.2) is 30.3 Å². The molecule has 4 heteroatoms. The first-order chi connectivity index (χ1) is 9.72. The van der Waals surface area contributed by atoms with Crippen LogP contribution in [0.1, 0.15) is 31.0 Å². The Morgan fingerprint density at radius 2 is 1.95 bits per heavy atom. The van der Waals surface area contributed by atoms with Gasteiger partial charge in [0.05, 0.1) is 11.4 Å². The van der Waals surface area contributed by atoms with Gasteiger partial charge in [0.15, 0.2) is 0 Å². The van der Waals surface area contributed by atoms with Crippen LogP contribution in [-0.4, -0.2) is 16.3 Å². The Morgan fingerprint density at radius 3 is 2.65 bits per heavy atom. The Kier molecular flexibility index (Phi) is 5.04. The van der Waals surface area contributed by atoms with Crippen molar-refractivity contribution < 1.29 is 0 Å². The van der Waals surface area contributed by atoms with Gasteiger partial charge >= 0.3 is 0 Å². The largest absolute Gasteiger partial charge is 0.394 e. The molecule has 0 spiro atoms.